The summed E-state index contributed by atoms with van der Waals surface area (Å²) in [6, 6.07) is 4.80. The summed E-state index contributed by atoms with van der Waals surface area (Å²) < 4.78 is 9.81. The lowest BCUT2D eigenvalue weighted by Crippen LogP contribution is -2.09. The average Bonchev–Trinajstić information content (AvgIpc) is 2.32. The highest BCUT2D eigenvalue weighted by Crippen LogP contribution is 2.31. The van der Waals surface area contributed by atoms with E-state index in [1.807, 2.05) is 6.07 Å². The van der Waals surface area contributed by atoms with Gasteiger partial charge in [-0.3, -0.25) is 4.79 Å². The van der Waals surface area contributed by atoms with Gasteiger partial charge in [-0.2, -0.15) is 5.26 Å². The van der Waals surface area contributed by atoms with E-state index in [0.29, 0.717) is 5.75 Å². The third-order valence-electron chi connectivity index (χ3n) is 2.21. The van der Waals surface area contributed by atoms with Gasteiger partial charge in [0.15, 0.2) is 0 Å². The summed E-state index contributed by atoms with van der Waals surface area (Å²) in [6.45, 7) is 1.96. The van der Waals surface area contributed by atoms with Crippen molar-refractivity contribution in [3.8, 4) is 17.6 Å². The molecule has 0 atom stereocenters. The normalized spacial score (nSPS) is 9.47. The van der Waals surface area contributed by atoms with Gasteiger partial charge in [0.2, 0.25) is 0 Å². The molecule has 0 heterocycles. The second-order valence-electron chi connectivity index (χ2n) is 3.24. The molecule has 0 bridgehead atoms. The predicted molar refractivity (Wildman–Crippen MR) is 59.7 cm³/mol. The molecular weight excluding hydrogens is 222 g/mol. The Kier molecular flexibility index (Phi) is 4.35. The van der Waals surface area contributed by atoms with Gasteiger partial charge in [-0.1, -0.05) is 0 Å². The van der Waals surface area contributed by atoms with Crippen LogP contribution in [0, 0.1) is 11.3 Å². The Morgan fingerprint density at radius 1 is 1.53 bits per heavy atom. The van der Waals surface area contributed by atoms with Crippen molar-refractivity contribution in [1.29, 1.82) is 5.26 Å². The molecule has 1 aromatic carbocycles. The lowest BCUT2D eigenvalue weighted by atomic mass is 10.1. The number of esters is 1. The van der Waals surface area contributed by atoms with Crippen LogP contribution in [-0.2, 0) is 16.0 Å². The van der Waals surface area contributed by atoms with E-state index >= 15 is 0 Å². The van der Waals surface area contributed by atoms with Gasteiger partial charge in [0.05, 0.1) is 25.7 Å². The molecule has 1 aromatic rings. The Morgan fingerprint density at radius 2 is 2.24 bits per heavy atom. The van der Waals surface area contributed by atoms with Crippen molar-refractivity contribution in [2.75, 3.05) is 13.7 Å². The van der Waals surface area contributed by atoms with E-state index < -0.39 is 5.97 Å². The SMILES string of the molecule is CCOC(=O)Cc1c(OC)ccc(C#N)c1O. The highest BCUT2D eigenvalue weighted by Gasteiger charge is 2.17. The number of hydrogen-bond acceptors (Lipinski definition) is 5. The van der Waals surface area contributed by atoms with Crippen LogP contribution in [0.3, 0.4) is 0 Å². The largest absolute Gasteiger partial charge is 0.506 e. The molecule has 1 N–H and O–H groups in total. The van der Waals surface area contributed by atoms with Gasteiger partial charge >= 0.3 is 5.97 Å². The highest BCUT2D eigenvalue weighted by molar-refractivity contribution is 5.75. The molecule has 0 saturated carbocycles. The Balaban J connectivity index is 3.11. The quantitative estimate of drug-likeness (QED) is 0.797. The first-order valence-electron chi connectivity index (χ1n) is 5.08. The van der Waals surface area contributed by atoms with Crippen molar-refractivity contribution in [3.05, 3.63) is 23.3 Å². The molecule has 17 heavy (non-hydrogen) atoms. The zero-order valence-corrected chi connectivity index (χ0v) is 9.69. The molecule has 0 radical (unpaired) electrons. The second kappa shape index (κ2) is 5.75. The Morgan fingerprint density at radius 3 is 2.76 bits per heavy atom. The minimum atomic E-state index is -0.476. The van der Waals surface area contributed by atoms with Crippen LogP contribution in [0.5, 0.6) is 11.5 Å². The minimum Gasteiger partial charge on any atom is -0.506 e. The average molecular weight is 235 g/mol. The maximum Gasteiger partial charge on any atom is 0.310 e. The van der Waals surface area contributed by atoms with Crippen LogP contribution >= 0.6 is 0 Å². The summed E-state index contributed by atoms with van der Waals surface area (Å²) in [6.07, 6.45) is -0.127. The van der Waals surface area contributed by atoms with Gasteiger partial charge in [-0.05, 0) is 19.1 Å². The summed E-state index contributed by atoms with van der Waals surface area (Å²) in [5.74, 6) is -0.356. The zero-order valence-electron chi connectivity index (χ0n) is 9.69. The minimum absolute atomic E-state index is 0.102. The Labute approximate surface area is 99.2 Å². The van der Waals surface area contributed by atoms with Gasteiger partial charge in [0, 0.05) is 5.56 Å². The van der Waals surface area contributed by atoms with Crippen LogP contribution in [0.2, 0.25) is 0 Å². The first-order chi connectivity index (χ1) is 8.13. The maximum atomic E-state index is 11.4. The van der Waals surface area contributed by atoms with E-state index in [1.165, 1.54) is 19.2 Å². The molecule has 0 unspecified atom stereocenters. The third kappa shape index (κ3) is 2.88. The smallest absolute Gasteiger partial charge is 0.310 e. The molecule has 0 fully saturated rings. The van der Waals surface area contributed by atoms with E-state index in [2.05, 4.69) is 0 Å². The summed E-state index contributed by atoms with van der Waals surface area (Å²) in [5.41, 5.74) is 0.370. The van der Waals surface area contributed by atoms with E-state index in [-0.39, 0.29) is 29.9 Å². The molecule has 0 aliphatic rings. The van der Waals surface area contributed by atoms with Gasteiger partial charge in [0.25, 0.3) is 0 Å². The molecule has 0 aromatic heterocycles. The number of nitrogens with zero attached hydrogens (tertiary/aromatic N) is 1. The number of aromatic hydroxyl groups is 1. The summed E-state index contributed by atoms with van der Waals surface area (Å²) >= 11 is 0. The van der Waals surface area contributed by atoms with Crippen LogP contribution in [0.4, 0.5) is 0 Å². The number of methoxy groups -OCH3 is 1. The summed E-state index contributed by atoms with van der Waals surface area (Å²) in [5, 5.41) is 18.6. The lowest BCUT2D eigenvalue weighted by molar-refractivity contribution is -0.142. The molecular formula is C12H13NO4. The fraction of sp³-hybridized carbons (Fsp3) is 0.333. The predicted octanol–water partition coefficient (Wildman–Crippen LogP) is 1.38. The number of hydrogen-bond donors (Lipinski definition) is 1. The van der Waals surface area contributed by atoms with Crippen molar-refractivity contribution in [3.63, 3.8) is 0 Å². The molecule has 0 saturated heterocycles. The fourth-order valence-electron chi connectivity index (χ4n) is 1.43. The summed E-state index contributed by atoms with van der Waals surface area (Å²) in [7, 11) is 1.43. The Bertz CT molecular complexity index is 462. The monoisotopic (exact) mass is 235 g/mol. The fourth-order valence-corrected chi connectivity index (χ4v) is 1.43. The first kappa shape index (κ1) is 12.8. The molecule has 0 aliphatic heterocycles. The number of carbonyl (C=O) groups is 1. The molecule has 5 nitrogen and oxygen atoms in total. The van der Waals surface area contributed by atoms with Crippen LogP contribution in [0.25, 0.3) is 0 Å². The van der Waals surface area contributed by atoms with Gasteiger partial charge in [0.1, 0.15) is 17.6 Å². The van der Waals surface area contributed by atoms with Crippen molar-refractivity contribution < 1.29 is 19.4 Å². The van der Waals surface area contributed by atoms with Gasteiger partial charge in [-0.15, -0.1) is 0 Å². The molecule has 0 spiro atoms. The number of ether oxygens (including phenoxy) is 2. The number of phenolic OH excluding ortho intramolecular Hbond substituents is 1. The molecule has 0 aliphatic carbocycles. The zero-order chi connectivity index (χ0) is 12.8. The summed E-state index contributed by atoms with van der Waals surface area (Å²) in [4.78, 5) is 11.4. The Hall–Kier alpha value is -2.22. The van der Waals surface area contributed by atoms with E-state index in [4.69, 9.17) is 14.7 Å². The van der Waals surface area contributed by atoms with Crippen LogP contribution in [0.1, 0.15) is 18.1 Å². The standard InChI is InChI=1S/C12H13NO4/c1-3-17-11(14)6-9-10(16-2)5-4-8(7-13)12(9)15/h4-5,15H,3,6H2,1-2H3. The van der Waals surface area contributed by atoms with Gasteiger partial charge in [-0.25, -0.2) is 0 Å². The number of benzene rings is 1. The van der Waals surface area contributed by atoms with E-state index in [1.54, 1.807) is 6.92 Å². The highest BCUT2D eigenvalue weighted by atomic mass is 16.5. The van der Waals surface area contributed by atoms with Crippen molar-refractivity contribution in [1.82, 2.24) is 0 Å². The molecule has 1 rings (SSSR count). The van der Waals surface area contributed by atoms with Crippen molar-refractivity contribution in [2.24, 2.45) is 0 Å². The van der Waals surface area contributed by atoms with Crippen LogP contribution in [-0.4, -0.2) is 24.8 Å². The number of phenols is 1. The maximum absolute atomic E-state index is 11.4. The van der Waals surface area contributed by atoms with Crippen molar-refractivity contribution in [2.45, 2.75) is 13.3 Å². The number of nitriles is 1. The van der Waals surface area contributed by atoms with E-state index in [0.717, 1.165) is 0 Å². The van der Waals surface area contributed by atoms with Crippen molar-refractivity contribution >= 4 is 5.97 Å². The number of rotatable bonds is 4. The molecule has 5 heteroatoms. The van der Waals surface area contributed by atoms with Crippen LogP contribution in [0.15, 0.2) is 12.1 Å². The van der Waals surface area contributed by atoms with Gasteiger partial charge < -0.3 is 14.6 Å². The third-order valence-corrected chi connectivity index (χ3v) is 2.21. The first-order valence-corrected chi connectivity index (χ1v) is 5.08. The molecule has 90 valence electrons. The lowest BCUT2D eigenvalue weighted by Gasteiger charge is -2.10. The van der Waals surface area contributed by atoms with E-state index in [9.17, 15) is 9.90 Å². The second-order valence-corrected chi connectivity index (χ2v) is 3.24. The van der Waals surface area contributed by atoms with Crippen LogP contribution < -0.4 is 4.74 Å². The topological polar surface area (TPSA) is 79.5 Å². The number of carbonyl (C=O) groups excluding carboxylic acids is 1. The molecule has 0 amide bonds.